The van der Waals surface area contributed by atoms with Gasteiger partial charge in [0.05, 0.1) is 12.0 Å². The topological polar surface area (TPSA) is 66.9 Å². The first kappa shape index (κ1) is 22.9. The Morgan fingerprint density at radius 1 is 1.17 bits per heavy atom. The number of methoxy groups -OCH3 is 1. The van der Waals surface area contributed by atoms with Gasteiger partial charge < -0.3 is 9.64 Å². The molecular weight excluding hydrogens is 421 g/mol. The van der Waals surface area contributed by atoms with Gasteiger partial charge >= 0.3 is 6.18 Å². The standard InChI is InChI=1S/C20H27F3N2O4S/c1-14(15-3-4-15)25(13-20(21,22)23)19(26)16-9-11-24(12-10-16)30(27,28)18-7-5-17(29-2)6-8-18/h5-8,14-16H,3-4,9-13H2,1-2H3/t14-/m0/s1. The zero-order valence-electron chi connectivity index (χ0n) is 17.1. The molecule has 1 atom stereocenters. The predicted molar refractivity (Wildman–Crippen MR) is 104 cm³/mol. The van der Waals surface area contributed by atoms with Crippen LogP contribution in [-0.4, -0.2) is 62.5 Å². The maximum Gasteiger partial charge on any atom is 0.406 e. The maximum absolute atomic E-state index is 13.0. The third-order valence-electron chi connectivity index (χ3n) is 5.93. The Balaban J connectivity index is 1.66. The lowest BCUT2D eigenvalue weighted by Gasteiger charge is -2.36. The largest absolute Gasteiger partial charge is 0.497 e. The lowest BCUT2D eigenvalue weighted by atomic mass is 9.95. The minimum Gasteiger partial charge on any atom is -0.497 e. The van der Waals surface area contributed by atoms with Gasteiger partial charge in [0, 0.05) is 25.0 Å². The summed E-state index contributed by atoms with van der Waals surface area (Å²) in [7, 11) is -2.25. The molecule has 6 nitrogen and oxygen atoms in total. The van der Waals surface area contributed by atoms with Crippen LogP contribution in [0, 0.1) is 11.8 Å². The van der Waals surface area contributed by atoms with E-state index in [1.807, 2.05) is 0 Å². The molecule has 2 fully saturated rings. The van der Waals surface area contributed by atoms with Crippen LogP contribution >= 0.6 is 0 Å². The van der Waals surface area contributed by atoms with Crippen molar-refractivity contribution >= 4 is 15.9 Å². The van der Waals surface area contributed by atoms with Crippen LogP contribution in [0.4, 0.5) is 13.2 Å². The summed E-state index contributed by atoms with van der Waals surface area (Å²) in [5, 5.41) is 0. The van der Waals surface area contributed by atoms with Crippen LogP contribution in [0.5, 0.6) is 5.75 Å². The number of hydrogen-bond acceptors (Lipinski definition) is 4. The van der Waals surface area contributed by atoms with Crippen LogP contribution in [0.25, 0.3) is 0 Å². The van der Waals surface area contributed by atoms with Crippen molar-refractivity contribution in [1.29, 1.82) is 0 Å². The third kappa shape index (κ3) is 5.26. The Hall–Kier alpha value is -1.81. The zero-order valence-corrected chi connectivity index (χ0v) is 17.9. The molecule has 168 valence electrons. The van der Waals surface area contributed by atoms with E-state index in [-0.39, 0.29) is 36.7 Å². The zero-order chi connectivity index (χ0) is 22.1. The van der Waals surface area contributed by atoms with Gasteiger partial charge in [-0.25, -0.2) is 8.42 Å². The number of amides is 1. The second-order valence-electron chi connectivity index (χ2n) is 8.01. The van der Waals surface area contributed by atoms with E-state index in [2.05, 4.69) is 0 Å². The second-order valence-corrected chi connectivity index (χ2v) is 9.95. The number of ether oxygens (including phenoxy) is 1. The van der Waals surface area contributed by atoms with Gasteiger partial charge in [0.2, 0.25) is 15.9 Å². The Kier molecular flexibility index (Phi) is 6.66. The molecule has 1 aromatic rings. The first-order chi connectivity index (χ1) is 14.0. The highest BCUT2D eigenvalue weighted by Crippen LogP contribution is 2.37. The number of carbonyl (C=O) groups is 1. The van der Waals surface area contributed by atoms with Crippen molar-refractivity contribution in [1.82, 2.24) is 9.21 Å². The van der Waals surface area contributed by atoms with Crippen LogP contribution < -0.4 is 4.74 Å². The number of halogens is 3. The molecule has 1 heterocycles. The molecule has 1 amide bonds. The van der Waals surface area contributed by atoms with Crippen LogP contribution in [0.2, 0.25) is 0 Å². The van der Waals surface area contributed by atoms with E-state index in [1.54, 1.807) is 19.1 Å². The van der Waals surface area contributed by atoms with Crippen LogP contribution in [0.15, 0.2) is 29.2 Å². The van der Waals surface area contributed by atoms with Crippen molar-refractivity contribution in [3.8, 4) is 5.75 Å². The first-order valence-corrected chi connectivity index (χ1v) is 11.5. The summed E-state index contributed by atoms with van der Waals surface area (Å²) >= 11 is 0. The highest BCUT2D eigenvalue weighted by molar-refractivity contribution is 7.89. The molecule has 1 aromatic carbocycles. The van der Waals surface area contributed by atoms with Crippen molar-refractivity contribution < 1.29 is 31.1 Å². The minimum atomic E-state index is -4.46. The Bertz CT molecular complexity index is 846. The normalized spacial score (nSPS) is 20.0. The number of alkyl halides is 3. The molecule has 1 saturated carbocycles. The quantitative estimate of drug-likeness (QED) is 0.642. The van der Waals surface area contributed by atoms with Gasteiger partial charge in [0.1, 0.15) is 12.3 Å². The fourth-order valence-corrected chi connectivity index (χ4v) is 5.39. The van der Waals surface area contributed by atoms with Gasteiger partial charge in [-0.15, -0.1) is 0 Å². The summed E-state index contributed by atoms with van der Waals surface area (Å²) < 4.78 is 71.1. The fraction of sp³-hybridized carbons (Fsp3) is 0.650. The first-order valence-electron chi connectivity index (χ1n) is 10.0. The maximum atomic E-state index is 13.0. The summed E-state index contributed by atoms with van der Waals surface area (Å²) in [6.45, 7) is 0.614. The summed E-state index contributed by atoms with van der Waals surface area (Å²) in [5.74, 6) is -0.469. The lowest BCUT2D eigenvalue weighted by molar-refractivity contribution is -0.169. The van der Waals surface area contributed by atoms with Gasteiger partial charge in [-0.1, -0.05) is 0 Å². The van der Waals surface area contributed by atoms with E-state index in [1.165, 1.54) is 23.5 Å². The molecular formula is C20H27F3N2O4S. The number of carbonyl (C=O) groups excluding carboxylic acids is 1. The molecule has 0 bridgehead atoms. The van der Waals surface area contributed by atoms with Crippen molar-refractivity contribution in [2.75, 3.05) is 26.7 Å². The van der Waals surface area contributed by atoms with E-state index in [0.717, 1.165) is 17.7 Å². The Morgan fingerprint density at radius 3 is 2.20 bits per heavy atom. The van der Waals surface area contributed by atoms with Gasteiger partial charge in [-0.2, -0.15) is 17.5 Å². The summed E-state index contributed by atoms with van der Waals surface area (Å²) in [4.78, 5) is 14.0. The predicted octanol–water partition coefficient (Wildman–Crippen LogP) is 3.29. The molecule has 0 aromatic heterocycles. The summed E-state index contributed by atoms with van der Waals surface area (Å²) in [5.41, 5.74) is 0. The van der Waals surface area contributed by atoms with Crippen molar-refractivity contribution in [3.63, 3.8) is 0 Å². The van der Waals surface area contributed by atoms with E-state index < -0.39 is 40.6 Å². The average molecular weight is 449 g/mol. The summed E-state index contributed by atoms with van der Waals surface area (Å²) in [6, 6.07) is 5.55. The van der Waals surface area contributed by atoms with E-state index >= 15 is 0 Å². The highest BCUT2D eigenvalue weighted by Gasteiger charge is 2.43. The average Bonchev–Trinajstić information content (AvgIpc) is 3.56. The number of hydrogen-bond donors (Lipinski definition) is 0. The lowest BCUT2D eigenvalue weighted by Crippen LogP contribution is -2.50. The fourth-order valence-electron chi connectivity index (χ4n) is 3.92. The Morgan fingerprint density at radius 2 is 1.73 bits per heavy atom. The van der Waals surface area contributed by atoms with Gasteiger partial charge in [0.15, 0.2) is 0 Å². The van der Waals surface area contributed by atoms with Crippen molar-refractivity contribution in [2.24, 2.45) is 11.8 Å². The minimum absolute atomic E-state index is 0.0996. The van der Waals surface area contributed by atoms with E-state index in [0.29, 0.717) is 5.75 Å². The van der Waals surface area contributed by atoms with Gasteiger partial charge in [0.25, 0.3) is 0 Å². The molecule has 2 aliphatic rings. The molecule has 1 saturated heterocycles. The number of rotatable bonds is 7. The van der Waals surface area contributed by atoms with Crippen LogP contribution in [-0.2, 0) is 14.8 Å². The molecule has 0 N–H and O–H groups in total. The molecule has 0 spiro atoms. The van der Waals surface area contributed by atoms with Crippen LogP contribution in [0.1, 0.15) is 32.6 Å². The molecule has 10 heteroatoms. The van der Waals surface area contributed by atoms with Gasteiger partial charge in [-0.3, -0.25) is 4.79 Å². The van der Waals surface area contributed by atoms with E-state index in [4.69, 9.17) is 4.74 Å². The SMILES string of the molecule is COc1ccc(S(=O)(=O)N2CCC(C(=O)N(CC(F)(F)F)[C@@H](C)C3CC3)CC2)cc1. The number of piperidine rings is 1. The Labute approximate surface area is 175 Å². The molecule has 30 heavy (non-hydrogen) atoms. The molecule has 0 unspecified atom stereocenters. The molecule has 3 rings (SSSR count). The number of nitrogens with zero attached hydrogens (tertiary/aromatic N) is 2. The van der Waals surface area contributed by atoms with Crippen molar-refractivity contribution in [2.45, 2.75) is 49.7 Å². The molecule has 1 aliphatic carbocycles. The summed E-state index contributed by atoms with van der Waals surface area (Å²) in [6.07, 6.45) is -2.38. The molecule has 0 radical (unpaired) electrons. The molecule has 1 aliphatic heterocycles. The number of benzene rings is 1. The van der Waals surface area contributed by atoms with Crippen molar-refractivity contribution in [3.05, 3.63) is 24.3 Å². The third-order valence-corrected chi connectivity index (χ3v) is 7.84. The van der Waals surface area contributed by atoms with Crippen LogP contribution in [0.3, 0.4) is 0 Å². The van der Waals surface area contributed by atoms with Gasteiger partial charge in [-0.05, 0) is 62.8 Å². The number of sulfonamides is 1. The van der Waals surface area contributed by atoms with E-state index in [9.17, 15) is 26.4 Å². The highest BCUT2D eigenvalue weighted by atomic mass is 32.2. The second kappa shape index (κ2) is 8.74. The smallest absolute Gasteiger partial charge is 0.406 e. The monoisotopic (exact) mass is 448 g/mol.